The maximum Gasteiger partial charge on any atom is 0.673 e. The van der Waals surface area contributed by atoms with E-state index < -0.39 is 14.5 Å². The highest BCUT2D eigenvalue weighted by Gasteiger charge is 2.21. The Hall–Kier alpha value is -0.510. The van der Waals surface area contributed by atoms with Gasteiger partial charge in [-0.25, -0.2) is 0 Å². The van der Waals surface area contributed by atoms with Crippen molar-refractivity contribution in [2.24, 2.45) is 0 Å². The molecular formula is C5H18B2F8N2. The second-order valence-electron chi connectivity index (χ2n) is 2.99. The van der Waals surface area contributed by atoms with Crippen LogP contribution < -0.4 is 10.6 Å². The van der Waals surface area contributed by atoms with Crippen LogP contribution in [0, 0.1) is 0 Å². The molecule has 0 aliphatic rings. The van der Waals surface area contributed by atoms with E-state index in [-0.39, 0.29) is 0 Å². The molecular weight excluding hydrogens is 262 g/mol. The van der Waals surface area contributed by atoms with Crippen LogP contribution in [-0.4, -0.2) is 42.2 Å². The molecule has 0 aliphatic carbocycles. The van der Waals surface area contributed by atoms with Gasteiger partial charge in [-0.2, -0.15) is 0 Å². The molecule has 0 radical (unpaired) electrons. The van der Waals surface area contributed by atoms with Gasteiger partial charge in [0.15, 0.2) is 0 Å². The van der Waals surface area contributed by atoms with E-state index in [0.717, 1.165) is 6.54 Å². The molecule has 0 atom stereocenters. The first-order valence-electron chi connectivity index (χ1n) is 4.45. The molecule has 0 spiro atoms. The van der Waals surface area contributed by atoms with Crippen LogP contribution >= 0.6 is 0 Å². The number of halogens is 8. The summed E-state index contributed by atoms with van der Waals surface area (Å²) < 4.78 is 78.0. The maximum atomic E-state index is 9.75. The molecule has 0 amide bonds. The van der Waals surface area contributed by atoms with Crippen LogP contribution in [0.1, 0.15) is 6.92 Å². The lowest BCUT2D eigenvalue weighted by atomic mass is 10.3. The number of hydrogen-bond acceptors (Lipinski definition) is 0. The van der Waals surface area contributed by atoms with E-state index in [9.17, 15) is 34.5 Å². The van der Waals surface area contributed by atoms with Crippen molar-refractivity contribution >= 4 is 14.5 Å². The summed E-state index contributed by atoms with van der Waals surface area (Å²) in [7, 11) is -5.75. The second kappa shape index (κ2) is 13.6. The number of rotatable bonds is 0. The fraction of sp³-hybridized carbons (Fsp3) is 1.00. The Morgan fingerprint density at radius 2 is 0.765 bits per heavy atom. The van der Waals surface area contributed by atoms with E-state index in [1.165, 1.54) is 4.90 Å². The van der Waals surface area contributed by atoms with E-state index in [2.05, 4.69) is 26.9 Å². The SMILES string of the molecule is CC[NH3+].C[NH+](C)C.F[B-](F)(F)F.F[B-](F)(F)F. The summed E-state index contributed by atoms with van der Waals surface area (Å²) in [6, 6.07) is 0. The summed E-state index contributed by atoms with van der Waals surface area (Å²) in [6.07, 6.45) is 0. The third kappa shape index (κ3) is 10800. The average Bonchev–Trinajstić information content (AvgIpc) is 1.74. The molecule has 0 aliphatic heterocycles. The normalized spacial score (nSPS) is 10.2. The molecule has 110 valence electrons. The predicted molar refractivity (Wildman–Crippen MR) is 52.5 cm³/mol. The van der Waals surface area contributed by atoms with Gasteiger partial charge in [-0.05, 0) is 6.92 Å². The van der Waals surface area contributed by atoms with Gasteiger partial charge in [-0.3, -0.25) is 0 Å². The second-order valence-corrected chi connectivity index (χ2v) is 2.99. The van der Waals surface area contributed by atoms with Gasteiger partial charge < -0.3 is 45.2 Å². The molecule has 0 rings (SSSR count). The lowest BCUT2D eigenvalue weighted by Crippen LogP contribution is -3.02. The summed E-state index contributed by atoms with van der Waals surface area (Å²) in [4.78, 5) is 1.42. The van der Waals surface area contributed by atoms with Gasteiger partial charge in [0, 0.05) is 0 Å². The lowest BCUT2D eigenvalue weighted by molar-refractivity contribution is -0.836. The fourth-order valence-corrected chi connectivity index (χ4v) is 0. The minimum Gasteiger partial charge on any atom is -0.418 e. The highest BCUT2D eigenvalue weighted by molar-refractivity contribution is 6.50. The quantitative estimate of drug-likeness (QED) is 0.481. The zero-order valence-corrected chi connectivity index (χ0v) is 10.1. The number of hydrogen-bond donors (Lipinski definition) is 2. The van der Waals surface area contributed by atoms with Crippen LogP contribution in [0.4, 0.5) is 34.5 Å². The van der Waals surface area contributed by atoms with Crippen molar-refractivity contribution in [3.05, 3.63) is 0 Å². The molecule has 0 aromatic carbocycles. The molecule has 0 heterocycles. The minimum atomic E-state index is -6.00. The van der Waals surface area contributed by atoms with Crippen molar-refractivity contribution in [3.63, 3.8) is 0 Å². The van der Waals surface area contributed by atoms with Gasteiger partial charge in [-0.1, -0.05) is 0 Å². The highest BCUT2D eigenvalue weighted by atomic mass is 19.5. The molecule has 4 N–H and O–H groups in total. The van der Waals surface area contributed by atoms with E-state index in [0.29, 0.717) is 0 Å². The van der Waals surface area contributed by atoms with Gasteiger partial charge in [0.25, 0.3) is 0 Å². The maximum absolute atomic E-state index is 9.75. The smallest absolute Gasteiger partial charge is 0.418 e. The Bertz CT molecular complexity index is 110. The van der Waals surface area contributed by atoms with Crippen LogP contribution in [-0.2, 0) is 0 Å². The summed E-state index contributed by atoms with van der Waals surface area (Å²) in [5.41, 5.74) is 3.49. The molecule has 0 saturated heterocycles. The zero-order valence-electron chi connectivity index (χ0n) is 10.1. The summed E-state index contributed by atoms with van der Waals surface area (Å²) in [5.74, 6) is 0. The molecule has 17 heavy (non-hydrogen) atoms. The standard InChI is InChI=1S/C3H9N.C2H7N.2BF4/c1-4(2)3;1-2-3;2*2-1(3,4)5/h1-3H3;2-3H2,1H3;;/q;;2*-1/p+2. The van der Waals surface area contributed by atoms with Crippen molar-refractivity contribution in [2.45, 2.75) is 6.92 Å². The van der Waals surface area contributed by atoms with Crippen LogP contribution in [0.25, 0.3) is 0 Å². The first-order chi connectivity index (χ1) is 7.15. The minimum absolute atomic E-state index is 1.00. The van der Waals surface area contributed by atoms with Gasteiger partial charge in [-0.15, -0.1) is 0 Å². The summed E-state index contributed by atoms with van der Waals surface area (Å²) in [5, 5.41) is 0. The fourth-order valence-electron chi connectivity index (χ4n) is 0. The first kappa shape index (κ1) is 25.4. The highest BCUT2D eigenvalue weighted by Crippen LogP contribution is 2.07. The number of nitrogens with one attached hydrogen (secondary N) is 1. The number of quaternary nitrogens is 2. The third-order valence-electron chi connectivity index (χ3n) is 0. The van der Waals surface area contributed by atoms with E-state index in [1.807, 2.05) is 6.92 Å². The van der Waals surface area contributed by atoms with Crippen molar-refractivity contribution < 1.29 is 45.2 Å². The van der Waals surface area contributed by atoms with Crippen molar-refractivity contribution in [1.29, 1.82) is 0 Å². The third-order valence-corrected chi connectivity index (χ3v) is 0. The molecule has 0 aromatic heterocycles. The van der Waals surface area contributed by atoms with E-state index >= 15 is 0 Å². The van der Waals surface area contributed by atoms with E-state index in [4.69, 9.17) is 0 Å². The van der Waals surface area contributed by atoms with Gasteiger partial charge >= 0.3 is 14.5 Å². The molecule has 0 aromatic rings. The monoisotopic (exact) mass is 280 g/mol. The van der Waals surface area contributed by atoms with Crippen molar-refractivity contribution in [2.75, 3.05) is 27.7 Å². The van der Waals surface area contributed by atoms with Gasteiger partial charge in [0.05, 0.1) is 27.7 Å². The molecule has 12 heteroatoms. The molecule has 0 unspecified atom stereocenters. The lowest BCUT2D eigenvalue weighted by Gasteiger charge is -1.94. The van der Waals surface area contributed by atoms with Gasteiger partial charge in [0.2, 0.25) is 0 Å². The van der Waals surface area contributed by atoms with Crippen LogP contribution in [0.15, 0.2) is 0 Å². The Morgan fingerprint density at radius 1 is 0.765 bits per heavy atom. The molecule has 0 saturated carbocycles. The Balaban J connectivity index is -0.0000000676. The van der Waals surface area contributed by atoms with Crippen LogP contribution in [0.5, 0.6) is 0 Å². The van der Waals surface area contributed by atoms with Crippen LogP contribution in [0.2, 0.25) is 0 Å². The first-order valence-corrected chi connectivity index (χ1v) is 4.45. The Morgan fingerprint density at radius 3 is 0.765 bits per heavy atom. The van der Waals surface area contributed by atoms with E-state index in [1.54, 1.807) is 0 Å². The summed E-state index contributed by atoms with van der Waals surface area (Å²) >= 11 is 0. The molecule has 2 nitrogen and oxygen atoms in total. The molecule has 0 bridgehead atoms. The average molecular weight is 280 g/mol. The van der Waals surface area contributed by atoms with Crippen molar-refractivity contribution in [1.82, 2.24) is 0 Å². The van der Waals surface area contributed by atoms with Gasteiger partial charge in [0.1, 0.15) is 0 Å². The summed E-state index contributed by atoms with van der Waals surface area (Å²) in [6.45, 7) is 3.01. The predicted octanol–water partition coefficient (Wildman–Crippen LogP) is 0.609. The van der Waals surface area contributed by atoms with Crippen molar-refractivity contribution in [3.8, 4) is 0 Å². The Labute approximate surface area is 95.4 Å². The van der Waals surface area contributed by atoms with Crippen LogP contribution in [0.3, 0.4) is 0 Å². The Kier molecular flexibility index (Phi) is 20.2. The topological polar surface area (TPSA) is 32.1 Å². The molecule has 0 fully saturated rings. The zero-order chi connectivity index (χ0) is 15.3. The largest absolute Gasteiger partial charge is 0.673 e.